The third-order valence-electron chi connectivity index (χ3n) is 5.43. The first kappa shape index (κ1) is 29.6. The standard InChI is InChI=1S/C13H15N5O2.C12H14N6O2/c1-8(13(19)20)5-10-3-4-11(14-7-10)6-12-17-15-9(2)16-18-12;1-7-15-17-11(18-16-7)5-9-3-2-8(6-14-9)4-10(13)12(19)20/h3-4,7-8H,5-6H2,1-2H3,(H,19,20);2-3,6,10H,4-5,13H2,1H3,(H,19,20)/t8-;10-/m00/s1. The fourth-order valence-electron chi connectivity index (χ4n) is 3.21. The normalized spacial score (nSPS) is 12.1. The number of rotatable bonds is 10. The molecule has 4 aromatic rings. The number of carboxylic acids is 2. The fourth-order valence-corrected chi connectivity index (χ4v) is 3.21. The van der Waals surface area contributed by atoms with Crippen LogP contribution in [0.4, 0.5) is 0 Å². The molecule has 0 aliphatic heterocycles. The van der Waals surface area contributed by atoms with Crippen molar-refractivity contribution in [1.29, 1.82) is 0 Å². The second-order valence-corrected chi connectivity index (χ2v) is 8.99. The Morgan fingerprint density at radius 3 is 1.48 bits per heavy atom. The maximum absolute atomic E-state index is 10.8. The van der Waals surface area contributed by atoms with E-state index >= 15 is 0 Å². The molecule has 15 nitrogen and oxygen atoms in total. The lowest BCUT2D eigenvalue weighted by atomic mass is 10.0. The molecular weight excluding hydrogens is 518 g/mol. The molecule has 0 fully saturated rings. The lowest BCUT2D eigenvalue weighted by Gasteiger charge is -2.06. The summed E-state index contributed by atoms with van der Waals surface area (Å²) in [6.45, 7) is 5.11. The predicted molar refractivity (Wildman–Crippen MR) is 139 cm³/mol. The molecule has 4 N–H and O–H groups in total. The van der Waals surface area contributed by atoms with Gasteiger partial charge in [-0.3, -0.25) is 19.6 Å². The summed E-state index contributed by atoms with van der Waals surface area (Å²) < 4.78 is 0. The first-order valence-electron chi connectivity index (χ1n) is 12.2. The number of carboxylic acid groups (broad SMARTS) is 2. The van der Waals surface area contributed by atoms with E-state index in [1.807, 2.05) is 12.1 Å². The van der Waals surface area contributed by atoms with Gasteiger partial charge >= 0.3 is 11.9 Å². The van der Waals surface area contributed by atoms with E-state index in [9.17, 15) is 9.59 Å². The highest BCUT2D eigenvalue weighted by atomic mass is 16.4. The molecule has 15 heteroatoms. The Morgan fingerprint density at radius 1 is 0.700 bits per heavy atom. The average Bonchev–Trinajstić information content (AvgIpc) is 2.93. The van der Waals surface area contributed by atoms with Gasteiger partial charge in [0.1, 0.15) is 6.04 Å². The van der Waals surface area contributed by atoms with Crippen molar-refractivity contribution in [2.24, 2.45) is 11.7 Å². The minimum absolute atomic E-state index is 0.243. The summed E-state index contributed by atoms with van der Waals surface area (Å²) >= 11 is 0. The molecule has 4 rings (SSSR count). The Kier molecular flexibility index (Phi) is 10.6. The molecule has 0 spiro atoms. The topological polar surface area (TPSA) is 230 Å². The van der Waals surface area contributed by atoms with E-state index < -0.39 is 23.9 Å². The number of nitrogens with two attached hydrogens (primary N) is 1. The van der Waals surface area contributed by atoms with Gasteiger partial charge in [-0.1, -0.05) is 19.1 Å². The highest BCUT2D eigenvalue weighted by Gasteiger charge is 2.13. The highest BCUT2D eigenvalue weighted by molar-refractivity contribution is 5.73. The van der Waals surface area contributed by atoms with Crippen molar-refractivity contribution in [2.75, 3.05) is 0 Å². The quantitative estimate of drug-likeness (QED) is 0.243. The maximum atomic E-state index is 10.8. The van der Waals surface area contributed by atoms with Crippen LogP contribution in [0.5, 0.6) is 0 Å². The molecule has 0 radical (unpaired) electrons. The Balaban J connectivity index is 0.000000220. The molecule has 0 amide bonds. The molecule has 40 heavy (non-hydrogen) atoms. The summed E-state index contributed by atoms with van der Waals surface area (Å²) in [4.78, 5) is 30.0. The largest absolute Gasteiger partial charge is 0.481 e. The third-order valence-corrected chi connectivity index (χ3v) is 5.43. The number of carbonyl (C=O) groups is 2. The zero-order valence-electron chi connectivity index (χ0n) is 22.2. The molecule has 0 saturated heterocycles. The zero-order chi connectivity index (χ0) is 29.1. The van der Waals surface area contributed by atoms with Crippen molar-refractivity contribution >= 4 is 11.9 Å². The van der Waals surface area contributed by atoms with Crippen LogP contribution in [0.1, 0.15) is 52.7 Å². The van der Waals surface area contributed by atoms with E-state index in [0.717, 1.165) is 22.5 Å². The van der Waals surface area contributed by atoms with Gasteiger partial charge < -0.3 is 15.9 Å². The summed E-state index contributed by atoms with van der Waals surface area (Å²) in [7, 11) is 0. The smallest absolute Gasteiger partial charge is 0.320 e. The van der Waals surface area contributed by atoms with Gasteiger partial charge in [0, 0.05) is 23.8 Å². The number of hydrogen-bond acceptors (Lipinski definition) is 13. The molecule has 0 aliphatic rings. The minimum atomic E-state index is -1.03. The van der Waals surface area contributed by atoms with Gasteiger partial charge in [-0.05, 0) is 49.9 Å². The van der Waals surface area contributed by atoms with Gasteiger partial charge in [0.15, 0.2) is 23.3 Å². The van der Waals surface area contributed by atoms with Gasteiger partial charge in [-0.2, -0.15) is 0 Å². The first-order chi connectivity index (χ1) is 19.1. The minimum Gasteiger partial charge on any atom is -0.481 e. The molecule has 0 aromatic carbocycles. The van der Waals surface area contributed by atoms with E-state index in [0.29, 0.717) is 42.6 Å². The van der Waals surface area contributed by atoms with Crippen LogP contribution in [-0.2, 0) is 35.3 Å². The van der Waals surface area contributed by atoms with Crippen molar-refractivity contribution in [3.8, 4) is 0 Å². The van der Waals surface area contributed by atoms with Crippen molar-refractivity contribution in [2.45, 2.75) is 52.5 Å². The van der Waals surface area contributed by atoms with Gasteiger partial charge in [0.05, 0.1) is 18.8 Å². The first-order valence-corrected chi connectivity index (χ1v) is 12.2. The third kappa shape index (κ3) is 9.75. The molecule has 208 valence electrons. The number of pyridine rings is 2. The predicted octanol–water partition coefficient (Wildman–Crippen LogP) is 0.339. The van der Waals surface area contributed by atoms with Crippen LogP contribution in [0.3, 0.4) is 0 Å². The number of aromatic nitrogens is 10. The van der Waals surface area contributed by atoms with Crippen LogP contribution in [-0.4, -0.2) is 79.0 Å². The molecule has 0 bridgehead atoms. The van der Waals surface area contributed by atoms with E-state index in [1.165, 1.54) is 0 Å². The van der Waals surface area contributed by atoms with Crippen LogP contribution in [0, 0.1) is 19.8 Å². The molecule has 4 aromatic heterocycles. The van der Waals surface area contributed by atoms with Gasteiger partial charge in [0.2, 0.25) is 0 Å². The zero-order valence-corrected chi connectivity index (χ0v) is 22.2. The van der Waals surface area contributed by atoms with Crippen LogP contribution >= 0.6 is 0 Å². The van der Waals surface area contributed by atoms with Crippen LogP contribution in [0.25, 0.3) is 0 Å². The monoisotopic (exact) mass is 547 g/mol. The van der Waals surface area contributed by atoms with E-state index in [4.69, 9.17) is 15.9 Å². The molecule has 0 saturated carbocycles. The lowest BCUT2D eigenvalue weighted by molar-refractivity contribution is -0.141. The highest BCUT2D eigenvalue weighted by Crippen LogP contribution is 2.10. The summed E-state index contributed by atoms with van der Waals surface area (Å²) in [5, 5.41) is 48.6. The number of aryl methyl sites for hydroxylation is 2. The second kappa shape index (κ2) is 14.3. The van der Waals surface area contributed by atoms with E-state index in [1.54, 1.807) is 45.3 Å². The van der Waals surface area contributed by atoms with E-state index in [2.05, 4.69) is 50.8 Å². The van der Waals surface area contributed by atoms with Crippen molar-refractivity contribution in [3.63, 3.8) is 0 Å². The van der Waals surface area contributed by atoms with Crippen LogP contribution in [0.15, 0.2) is 36.7 Å². The SMILES string of the molecule is Cc1nnc(Cc2ccc(C[C@H](C)C(=O)O)cn2)nn1.Cc1nnc(Cc2ccc(C[C@H](N)C(=O)O)cn2)nn1. The fraction of sp³-hybridized carbons (Fsp3) is 0.360. The van der Waals surface area contributed by atoms with E-state index in [-0.39, 0.29) is 6.42 Å². The van der Waals surface area contributed by atoms with Crippen LogP contribution in [0.2, 0.25) is 0 Å². The molecular formula is C25H29N11O4. The van der Waals surface area contributed by atoms with Crippen molar-refractivity contribution in [1.82, 2.24) is 50.8 Å². The van der Waals surface area contributed by atoms with Gasteiger partial charge in [-0.15, -0.1) is 40.8 Å². The van der Waals surface area contributed by atoms with Gasteiger partial charge in [-0.25, -0.2) is 0 Å². The Hall–Kier alpha value is -4.92. The molecule has 0 aliphatic carbocycles. The van der Waals surface area contributed by atoms with Crippen molar-refractivity contribution < 1.29 is 19.8 Å². The van der Waals surface area contributed by atoms with Crippen LogP contribution < -0.4 is 5.73 Å². The Labute approximate surface area is 229 Å². The molecule has 0 unspecified atom stereocenters. The molecule has 2 atom stereocenters. The lowest BCUT2D eigenvalue weighted by Crippen LogP contribution is -2.32. The summed E-state index contributed by atoms with van der Waals surface area (Å²) in [5.41, 5.74) is 8.67. The van der Waals surface area contributed by atoms with Crippen molar-refractivity contribution in [3.05, 3.63) is 82.5 Å². The Bertz CT molecular complexity index is 1280. The number of hydrogen-bond donors (Lipinski definition) is 3. The summed E-state index contributed by atoms with van der Waals surface area (Å²) in [5.74, 6) is -0.220. The average molecular weight is 548 g/mol. The summed E-state index contributed by atoms with van der Waals surface area (Å²) in [6.07, 6.45) is 4.87. The van der Waals surface area contributed by atoms with Gasteiger partial charge in [0.25, 0.3) is 0 Å². The number of aliphatic carboxylic acids is 2. The summed E-state index contributed by atoms with van der Waals surface area (Å²) in [6, 6.07) is 6.37. The number of nitrogens with zero attached hydrogens (tertiary/aromatic N) is 10. The second-order valence-electron chi connectivity index (χ2n) is 8.99. The Morgan fingerprint density at radius 2 is 1.12 bits per heavy atom. The molecule has 4 heterocycles. The maximum Gasteiger partial charge on any atom is 0.320 e.